The molecule has 6 nitrogen and oxygen atoms in total. The van der Waals surface area contributed by atoms with E-state index in [2.05, 4.69) is 18.9 Å². The van der Waals surface area contributed by atoms with Crippen molar-refractivity contribution in [1.29, 1.82) is 0 Å². The smallest absolute Gasteiger partial charge is 0.308 e. The van der Waals surface area contributed by atoms with Crippen molar-refractivity contribution < 1.29 is 14.7 Å². The molecule has 23 heavy (non-hydrogen) atoms. The van der Waals surface area contributed by atoms with Crippen LogP contribution in [0.3, 0.4) is 0 Å². The van der Waals surface area contributed by atoms with Gasteiger partial charge in [0.05, 0.1) is 23.4 Å². The summed E-state index contributed by atoms with van der Waals surface area (Å²) in [5, 5.41) is 13.7. The van der Waals surface area contributed by atoms with Crippen LogP contribution in [0.4, 0.5) is 0 Å². The summed E-state index contributed by atoms with van der Waals surface area (Å²) in [7, 11) is 0. The van der Waals surface area contributed by atoms with E-state index in [1.807, 2.05) is 11.6 Å². The topological polar surface area (TPSA) is 75.4 Å². The summed E-state index contributed by atoms with van der Waals surface area (Å²) in [6, 6.07) is -0.263. The Hall–Kier alpha value is -1.85. The second kappa shape index (κ2) is 5.98. The van der Waals surface area contributed by atoms with Crippen LogP contribution in [-0.4, -0.2) is 44.3 Å². The number of aliphatic carboxylic acids is 1. The van der Waals surface area contributed by atoms with Gasteiger partial charge in [-0.25, -0.2) is 0 Å². The molecule has 2 aliphatic rings. The molecule has 0 spiro atoms. The van der Waals surface area contributed by atoms with Crippen LogP contribution >= 0.6 is 0 Å². The number of hydrogen-bond acceptors (Lipinski definition) is 3. The molecule has 126 valence electrons. The normalized spacial score (nSPS) is 24.4. The Morgan fingerprint density at radius 2 is 2.04 bits per heavy atom. The van der Waals surface area contributed by atoms with Crippen molar-refractivity contribution in [3.05, 3.63) is 17.5 Å². The molecule has 0 bridgehead atoms. The molecule has 6 heteroatoms. The number of carboxylic acids is 1. The van der Waals surface area contributed by atoms with E-state index in [0.717, 1.165) is 25.1 Å². The third-order valence-electron chi connectivity index (χ3n) is 4.95. The highest BCUT2D eigenvalue weighted by Crippen LogP contribution is 2.42. The van der Waals surface area contributed by atoms with Gasteiger partial charge in [-0.15, -0.1) is 0 Å². The SMILES string of the molecule is CC(C)Cn1ncc(C(=O)N2CCC(C(=O)O)C2C)c1C1CC1. The van der Waals surface area contributed by atoms with Gasteiger partial charge in [0.1, 0.15) is 0 Å². The monoisotopic (exact) mass is 319 g/mol. The van der Waals surface area contributed by atoms with E-state index in [4.69, 9.17) is 0 Å². The molecule has 1 aromatic rings. The minimum atomic E-state index is -0.814. The molecular formula is C17H25N3O3. The van der Waals surface area contributed by atoms with Gasteiger partial charge in [-0.2, -0.15) is 5.10 Å². The van der Waals surface area contributed by atoms with E-state index < -0.39 is 11.9 Å². The van der Waals surface area contributed by atoms with Gasteiger partial charge in [0.25, 0.3) is 5.91 Å². The highest BCUT2D eigenvalue weighted by molar-refractivity contribution is 5.96. The summed E-state index contributed by atoms with van der Waals surface area (Å²) >= 11 is 0. The van der Waals surface area contributed by atoms with Crippen LogP contribution in [0, 0.1) is 11.8 Å². The second-order valence-corrected chi connectivity index (χ2v) is 7.27. The summed E-state index contributed by atoms with van der Waals surface area (Å²) < 4.78 is 1.98. The third kappa shape index (κ3) is 2.99. The van der Waals surface area contributed by atoms with Crippen molar-refractivity contribution in [3.63, 3.8) is 0 Å². The number of amides is 1. The van der Waals surface area contributed by atoms with Gasteiger partial charge in [-0.3, -0.25) is 14.3 Å². The molecule has 2 heterocycles. The number of hydrogen-bond donors (Lipinski definition) is 1. The van der Waals surface area contributed by atoms with Crippen LogP contribution in [0.2, 0.25) is 0 Å². The first-order valence-corrected chi connectivity index (χ1v) is 8.49. The third-order valence-corrected chi connectivity index (χ3v) is 4.95. The average molecular weight is 319 g/mol. The van der Waals surface area contributed by atoms with Gasteiger partial charge < -0.3 is 10.0 Å². The molecule has 1 amide bonds. The fourth-order valence-corrected chi connectivity index (χ4v) is 3.55. The van der Waals surface area contributed by atoms with Crippen molar-refractivity contribution in [1.82, 2.24) is 14.7 Å². The maximum atomic E-state index is 13.0. The Bertz CT molecular complexity index is 619. The molecular weight excluding hydrogens is 294 g/mol. The number of aromatic nitrogens is 2. The summed E-state index contributed by atoms with van der Waals surface area (Å²) in [4.78, 5) is 25.9. The van der Waals surface area contributed by atoms with Crippen molar-refractivity contribution in [2.24, 2.45) is 11.8 Å². The predicted molar refractivity (Wildman–Crippen MR) is 85.3 cm³/mol. The second-order valence-electron chi connectivity index (χ2n) is 7.27. The molecule has 2 atom stereocenters. The van der Waals surface area contributed by atoms with E-state index in [1.165, 1.54) is 0 Å². The molecule has 2 unspecified atom stereocenters. The zero-order valence-corrected chi connectivity index (χ0v) is 14.0. The number of rotatable bonds is 5. The van der Waals surface area contributed by atoms with Crippen molar-refractivity contribution in [2.45, 2.75) is 58.5 Å². The van der Waals surface area contributed by atoms with Crippen LogP contribution in [0.25, 0.3) is 0 Å². The molecule has 1 aliphatic heterocycles. The Morgan fingerprint density at radius 1 is 1.35 bits per heavy atom. The highest BCUT2D eigenvalue weighted by Gasteiger charge is 2.41. The lowest BCUT2D eigenvalue weighted by molar-refractivity contribution is -0.142. The average Bonchev–Trinajstić information content (AvgIpc) is 3.11. The first-order chi connectivity index (χ1) is 10.9. The van der Waals surface area contributed by atoms with Crippen LogP contribution in [0.15, 0.2) is 6.20 Å². The van der Waals surface area contributed by atoms with Crippen molar-refractivity contribution >= 4 is 11.9 Å². The van der Waals surface area contributed by atoms with Crippen molar-refractivity contribution in [2.75, 3.05) is 6.54 Å². The first-order valence-electron chi connectivity index (χ1n) is 8.49. The maximum absolute atomic E-state index is 13.0. The zero-order valence-electron chi connectivity index (χ0n) is 14.0. The molecule has 1 N–H and O–H groups in total. The minimum absolute atomic E-state index is 0.0573. The lowest BCUT2D eigenvalue weighted by atomic mass is 10.0. The van der Waals surface area contributed by atoms with Crippen molar-refractivity contribution in [3.8, 4) is 0 Å². The fourth-order valence-electron chi connectivity index (χ4n) is 3.55. The Morgan fingerprint density at radius 3 is 2.57 bits per heavy atom. The summed E-state index contributed by atoms with van der Waals surface area (Å²) in [5.74, 6) is -0.432. The van der Waals surface area contributed by atoms with E-state index in [1.54, 1.807) is 11.1 Å². The van der Waals surface area contributed by atoms with Gasteiger partial charge in [0.2, 0.25) is 0 Å². The van der Waals surface area contributed by atoms with Gasteiger partial charge in [0, 0.05) is 25.0 Å². The zero-order chi connectivity index (χ0) is 16.7. The van der Waals surface area contributed by atoms with E-state index in [-0.39, 0.29) is 11.9 Å². The lowest BCUT2D eigenvalue weighted by Crippen LogP contribution is -2.38. The minimum Gasteiger partial charge on any atom is -0.481 e. The standard InChI is InChI=1S/C17H25N3O3/c1-10(2)9-20-15(12-4-5-12)14(8-18-20)16(21)19-7-6-13(11(19)3)17(22)23/h8,10-13H,4-7,9H2,1-3H3,(H,22,23). The molecule has 3 rings (SSSR count). The summed E-state index contributed by atoms with van der Waals surface area (Å²) in [6.07, 6.45) is 4.43. The number of likely N-dealkylation sites (tertiary alicyclic amines) is 1. The number of carbonyl (C=O) groups is 2. The quantitative estimate of drug-likeness (QED) is 0.904. The lowest BCUT2D eigenvalue weighted by Gasteiger charge is -2.23. The fraction of sp³-hybridized carbons (Fsp3) is 0.706. The van der Waals surface area contributed by atoms with Gasteiger partial charge in [-0.05, 0) is 32.1 Å². The van der Waals surface area contributed by atoms with Crippen LogP contribution in [0.5, 0.6) is 0 Å². The molecule has 0 radical (unpaired) electrons. The van der Waals surface area contributed by atoms with Gasteiger partial charge in [-0.1, -0.05) is 13.8 Å². The van der Waals surface area contributed by atoms with Gasteiger partial charge in [0.15, 0.2) is 0 Å². The summed E-state index contributed by atoms with van der Waals surface area (Å²) in [5.41, 5.74) is 1.72. The molecule has 1 aliphatic carbocycles. The summed E-state index contributed by atoms with van der Waals surface area (Å²) in [6.45, 7) is 7.43. The Balaban J connectivity index is 1.85. The van der Waals surface area contributed by atoms with E-state index in [9.17, 15) is 14.7 Å². The van der Waals surface area contributed by atoms with E-state index >= 15 is 0 Å². The molecule has 0 aromatic carbocycles. The van der Waals surface area contributed by atoms with Crippen LogP contribution < -0.4 is 0 Å². The Kier molecular flexibility index (Phi) is 4.17. The first kappa shape index (κ1) is 16.0. The number of nitrogens with zero attached hydrogens (tertiary/aromatic N) is 3. The largest absolute Gasteiger partial charge is 0.481 e. The molecule has 1 aromatic heterocycles. The molecule has 1 saturated carbocycles. The van der Waals surface area contributed by atoms with Gasteiger partial charge >= 0.3 is 5.97 Å². The van der Waals surface area contributed by atoms with Crippen LogP contribution in [-0.2, 0) is 11.3 Å². The predicted octanol–water partition coefficient (Wildman–Crippen LogP) is 2.35. The number of carboxylic acid groups (broad SMARTS) is 1. The maximum Gasteiger partial charge on any atom is 0.308 e. The highest BCUT2D eigenvalue weighted by atomic mass is 16.4. The van der Waals surface area contributed by atoms with E-state index in [0.29, 0.717) is 30.4 Å². The number of carbonyl (C=O) groups excluding carboxylic acids is 1. The molecule has 1 saturated heterocycles. The van der Waals surface area contributed by atoms with Crippen LogP contribution in [0.1, 0.15) is 62.0 Å². The Labute approximate surface area is 136 Å². The molecule has 2 fully saturated rings.